The fraction of sp³-hybridized carbons (Fsp3) is 0.160. The summed E-state index contributed by atoms with van der Waals surface area (Å²) in [6, 6.07) is 49.3. The fourth-order valence-electron chi connectivity index (χ4n) is 7.48. The van der Waals surface area contributed by atoms with E-state index in [2.05, 4.69) is 131 Å². The predicted molar refractivity (Wildman–Crippen MR) is 226 cm³/mol. The van der Waals surface area contributed by atoms with Crippen LogP contribution in [0.5, 0.6) is 5.75 Å². The largest absolute Gasteiger partial charge is 0.507 e. The molecule has 0 radical (unpaired) electrons. The number of phenols is 1. The molecule has 6 aromatic carbocycles. The second kappa shape index (κ2) is 14.1. The van der Waals surface area contributed by atoms with Gasteiger partial charge >= 0.3 is 0 Å². The number of aromatic hydroxyl groups is 1. The van der Waals surface area contributed by atoms with Gasteiger partial charge in [-0.15, -0.1) is 29.3 Å². The summed E-state index contributed by atoms with van der Waals surface area (Å²) in [7, 11) is 0. The van der Waals surface area contributed by atoms with Crippen LogP contribution in [0.15, 0.2) is 144 Å². The van der Waals surface area contributed by atoms with Crippen molar-refractivity contribution in [2.45, 2.75) is 52.4 Å². The van der Waals surface area contributed by atoms with E-state index in [1.807, 2.05) is 54.7 Å². The number of fused-ring (bicyclic) bond motifs is 4. The Morgan fingerprint density at radius 3 is 2.07 bits per heavy atom. The average molecular weight is 912 g/mol. The Morgan fingerprint density at radius 1 is 0.607 bits per heavy atom. The third kappa shape index (κ3) is 6.65. The molecular formula is C50H42N3O2Pt-. The van der Waals surface area contributed by atoms with Gasteiger partial charge in [0.05, 0.1) is 16.6 Å². The van der Waals surface area contributed by atoms with Crippen LogP contribution in [0.2, 0.25) is 0 Å². The van der Waals surface area contributed by atoms with E-state index in [9.17, 15) is 5.11 Å². The van der Waals surface area contributed by atoms with Crippen LogP contribution < -0.4 is 0 Å². The molecule has 6 heteroatoms. The molecule has 0 aliphatic heterocycles. The van der Waals surface area contributed by atoms with Crippen LogP contribution in [-0.4, -0.2) is 19.6 Å². The van der Waals surface area contributed by atoms with Crippen LogP contribution in [0, 0.1) is 6.07 Å². The summed E-state index contributed by atoms with van der Waals surface area (Å²) in [5, 5.41) is 13.5. The van der Waals surface area contributed by atoms with Crippen molar-refractivity contribution in [3.05, 3.63) is 157 Å². The molecule has 0 aliphatic carbocycles. The third-order valence-corrected chi connectivity index (χ3v) is 10.6. The SMILES string of the molecule is CC(C)(C)c1ccc(-c2ccnc(-c3[c-]c(-c4cccc5c4nc(-c4cc6oc7ccccc7c6cc4O)n5-c4ccccc4)cc(C(C)(C)C)c3)c2)cc1.[Pt]. The maximum Gasteiger partial charge on any atom is 0.148 e. The summed E-state index contributed by atoms with van der Waals surface area (Å²) in [6.45, 7) is 13.4. The number of para-hydroxylation sites is 3. The molecule has 0 amide bonds. The first kappa shape index (κ1) is 37.2. The van der Waals surface area contributed by atoms with Gasteiger partial charge in [0.2, 0.25) is 0 Å². The Bertz CT molecular complexity index is 2890. The fourth-order valence-corrected chi connectivity index (χ4v) is 7.48. The Hall–Kier alpha value is -5.77. The predicted octanol–water partition coefficient (Wildman–Crippen LogP) is 13.1. The Labute approximate surface area is 342 Å². The second-order valence-corrected chi connectivity index (χ2v) is 16.4. The third-order valence-electron chi connectivity index (χ3n) is 10.6. The minimum atomic E-state index is -0.144. The van der Waals surface area contributed by atoms with Crippen molar-refractivity contribution in [3.8, 4) is 56.3 Å². The van der Waals surface area contributed by atoms with Crippen molar-refractivity contribution < 1.29 is 30.6 Å². The second-order valence-electron chi connectivity index (χ2n) is 16.4. The van der Waals surface area contributed by atoms with E-state index in [0.717, 1.165) is 66.6 Å². The molecule has 3 heterocycles. The number of hydrogen-bond donors (Lipinski definition) is 1. The van der Waals surface area contributed by atoms with Crippen molar-refractivity contribution in [3.63, 3.8) is 0 Å². The van der Waals surface area contributed by atoms with Gasteiger partial charge in [-0.05, 0) is 70.0 Å². The van der Waals surface area contributed by atoms with Crippen LogP contribution in [0.4, 0.5) is 0 Å². The molecule has 3 aromatic heterocycles. The van der Waals surface area contributed by atoms with Crippen molar-refractivity contribution >= 4 is 33.0 Å². The molecule has 0 unspecified atom stereocenters. The van der Waals surface area contributed by atoms with Gasteiger partial charge in [-0.1, -0.05) is 132 Å². The van der Waals surface area contributed by atoms with E-state index < -0.39 is 0 Å². The van der Waals surface area contributed by atoms with Gasteiger partial charge in [-0.2, -0.15) is 0 Å². The van der Waals surface area contributed by atoms with Crippen LogP contribution in [-0.2, 0) is 31.9 Å². The summed E-state index contributed by atoms with van der Waals surface area (Å²) in [4.78, 5) is 10.2. The quantitative estimate of drug-likeness (QED) is 0.175. The number of pyridine rings is 1. The van der Waals surface area contributed by atoms with Crippen molar-refractivity contribution in [2.24, 2.45) is 0 Å². The van der Waals surface area contributed by atoms with Crippen LogP contribution in [0.3, 0.4) is 0 Å². The van der Waals surface area contributed by atoms with E-state index in [1.54, 1.807) is 6.07 Å². The number of benzene rings is 6. The van der Waals surface area contributed by atoms with Gasteiger partial charge in [0.25, 0.3) is 0 Å². The summed E-state index contributed by atoms with van der Waals surface area (Å²) in [5.41, 5.74) is 13.0. The van der Waals surface area contributed by atoms with E-state index in [-0.39, 0.29) is 37.6 Å². The Balaban J connectivity index is 0.00000441. The van der Waals surface area contributed by atoms with Gasteiger partial charge in [0.15, 0.2) is 0 Å². The van der Waals surface area contributed by atoms with Gasteiger partial charge in [-0.3, -0.25) is 9.55 Å². The zero-order chi connectivity index (χ0) is 38.1. The van der Waals surface area contributed by atoms with Gasteiger partial charge in [-0.25, -0.2) is 4.98 Å². The van der Waals surface area contributed by atoms with E-state index in [1.165, 1.54) is 11.1 Å². The normalized spacial score (nSPS) is 12.0. The van der Waals surface area contributed by atoms with Crippen molar-refractivity contribution in [2.75, 3.05) is 0 Å². The minimum absolute atomic E-state index is 0. The number of phenolic OH excluding ortho intramolecular Hbond substituents is 1. The van der Waals surface area contributed by atoms with Gasteiger partial charge < -0.3 is 9.52 Å². The Kier molecular flexibility index (Phi) is 9.33. The molecule has 56 heavy (non-hydrogen) atoms. The number of furan rings is 1. The average Bonchev–Trinajstić information content (AvgIpc) is 3.75. The van der Waals surface area contributed by atoms with Crippen LogP contribution in [0.25, 0.3) is 83.6 Å². The van der Waals surface area contributed by atoms with Crippen molar-refractivity contribution in [1.82, 2.24) is 14.5 Å². The van der Waals surface area contributed by atoms with Crippen LogP contribution in [0.1, 0.15) is 52.7 Å². The zero-order valence-electron chi connectivity index (χ0n) is 32.3. The topological polar surface area (TPSA) is 64.1 Å². The van der Waals surface area contributed by atoms with Gasteiger partial charge in [0.1, 0.15) is 22.7 Å². The van der Waals surface area contributed by atoms with E-state index in [0.29, 0.717) is 17.0 Å². The molecule has 0 aliphatic rings. The molecule has 0 bridgehead atoms. The van der Waals surface area contributed by atoms with E-state index in [4.69, 9.17) is 14.4 Å². The van der Waals surface area contributed by atoms with Gasteiger partial charge in [0, 0.05) is 49.4 Å². The first-order valence-corrected chi connectivity index (χ1v) is 18.8. The number of aromatic nitrogens is 3. The molecule has 0 spiro atoms. The van der Waals surface area contributed by atoms with Crippen molar-refractivity contribution in [1.29, 1.82) is 0 Å². The molecule has 0 atom stereocenters. The number of rotatable bonds is 5. The summed E-state index contributed by atoms with van der Waals surface area (Å²) >= 11 is 0. The molecule has 9 rings (SSSR count). The summed E-state index contributed by atoms with van der Waals surface area (Å²) in [6.07, 6.45) is 1.89. The standard InChI is InChI=1S/C50H42N3O2.Pt/c1-49(2,3)35-21-19-31(20-22-35)32-23-24-51-42(28-32)34-25-33(26-36(27-34)50(4,5)6)38-16-12-17-43-47(38)52-48(53(43)37-13-8-7-9-14-37)41-30-46-40(29-44(41)54)39-15-10-11-18-45(39)55-46;/h7-24,26-30,54H,1-6H3;/q-1;. The first-order chi connectivity index (χ1) is 26.4. The smallest absolute Gasteiger partial charge is 0.148 e. The molecule has 5 nitrogen and oxygen atoms in total. The maximum atomic E-state index is 11.7. The van der Waals surface area contributed by atoms with E-state index >= 15 is 0 Å². The molecule has 280 valence electrons. The molecule has 9 aromatic rings. The molecular weight excluding hydrogens is 870 g/mol. The minimum Gasteiger partial charge on any atom is -0.507 e. The number of nitrogens with zero attached hydrogens (tertiary/aromatic N) is 3. The molecule has 0 saturated heterocycles. The van der Waals surface area contributed by atoms with Crippen LogP contribution >= 0.6 is 0 Å². The Morgan fingerprint density at radius 2 is 1.32 bits per heavy atom. The zero-order valence-corrected chi connectivity index (χ0v) is 34.6. The summed E-state index contributed by atoms with van der Waals surface area (Å²) in [5.74, 6) is 0.753. The number of hydrogen-bond acceptors (Lipinski definition) is 4. The first-order valence-electron chi connectivity index (χ1n) is 18.8. The molecule has 0 fully saturated rings. The summed E-state index contributed by atoms with van der Waals surface area (Å²) < 4.78 is 8.40. The molecule has 1 N–H and O–H groups in total. The number of imidazole rings is 1. The monoisotopic (exact) mass is 911 g/mol. The molecule has 0 saturated carbocycles. The maximum absolute atomic E-state index is 11.7.